The molecule has 0 amide bonds. The summed E-state index contributed by atoms with van der Waals surface area (Å²) >= 11 is 0. The maximum atomic E-state index is 11.8. The molecule has 0 spiro atoms. The van der Waals surface area contributed by atoms with Crippen molar-refractivity contribution in [2.45, 2.75) is 24.9 Å². The maximum Gasteiger partial charge on any atom is 0.415 e. The summed E-state index contributed by atoms with van der Waals surface area (Å²) in [5.41, 5.74) is 0. The second-order valence-electron chi connectivity index (χ2n) is 3.18. The van der Waals surface area contributed by atoms with Crippen molar-refractivity contribution in [2.75, 3.05) is 20.1 Å². The van der Waals surface area contributed by atoms with Gasteiger partial charge in [0.2, 0.25) is 0 Å². The van der Waals surface area contributed by atoms with E-state index in [1.165, 1.54) is 0 Å². The normalized spacial score (nSPS) is 15.8. The largest absolute Gasteiger partial charge is 0.415 e. The van der Waals surface area contributed by atoms with Crippen LogP contribution in [0, 0.1) is 0 Å². The molecule has 8 heteroatoms. The topological polar surface area (TPSA) is 23.5 Å². The van der Waals surface area contributed by atoms with Crippen LogP contribution >= 0.6 is 0 Å². The average Bonchev–Trinajstić information content (AvgIpc) is 1.97. The molecule has 1 atom stereocenters. The molecule has 0 aromatic rings. The van der Waals surface area contributed by atoms with Crippen LogP contribution in [0.3, 0.4) is 0 Å². The zero-order chi connectivity index (χ0) is 12.3. The molecule has 15 heavy (non-hydrogen) atoms. The van der Waals surface area contributed by atoms with Crippen LogP contribution in [-0.2, 0) is 0 Å². The first-order chi connectivity index (χ1) is 6.52. The zero-order valence-electron chi connectivity index (χ0n) is 7.86. The maximum absolute atomic E-state index is 11.8. The van der Waals surface area contributed by atoms with Gasteiger partial charge in [0, 0.05) is 13.1 Å². The van der Waals surface area contributed by atoms with Gasteiger partial charge in [-0.15, -0.1) is 0 Å². The number of alkyl halides is 6. The third kappa shape index (κ3) is 7.43. The molecule has 92 valence electrons. The summed E-state index contributed by atoms with van der Waals surface area (Å²) in [6.07, 6.45) is -13.0. The lowest BCUT2D eigenvalue weighted by Crippen LogP contribution is -2.40. The number of nitrogens with zero attached hydrogens (tertiary/aromatic N) is 1. The molecule has 0 aromatic heterocycles. The van der Waals surface area contributed by atoms with Gasteiger partial charge in [0.15, 0.2) is 6.10 Å². The SMILES string of the molecule is CN(CCC(F)(F)F)CC(O)C(F)(F)F. The summed E-state index contributed by atoms with van der Waals surface area (Å²) in [7, 11) is 1.08. The van der Waals surface area contributed by atoms with Crippen LogP contribution in [-0.4, -0.2) is 48.6 Å². The quantitative estimate of drug-likeness (QED) is 0.756. The molecule has 0 aliphatic carbocycles. The molecule has 2 nitrogen and oxygen atoms in total. The molecule has 0 saturated heterocycles. The van der Waals surface area contributed by atoms with Crippen molar-refractivity contribution >= 4 is 0 Å². The number of halogens is 6. The summed E-state index contributed by atoms with van der Waals surface area (Å²) in [6, 6.07) is 0. The highest BCUT2D eigenvalue weighted by Gasteiger charge is 2.39. The molecule has 0 aliphatic heterocycles. The Hall–Kier alpha value is -0.500. The van der Waals surface area contributed by atoms with Gasteiger partial charge in [-0.3, -0.25) is 0 Å². The van der Waals surface area contributed by atoms with Gasteiger partial charge in [0.1, 0.15) is 0 Å². The molecule has 0 bridgehead atoms. The minimum absolute atomic E-state index is 0.573. The van der Waals surface area contributed by atoms with E-state index in [1.807, 2.05) is 0 Å². The van der Waals surface area contributed by atoms with Gasteiger partial charge >= 0.3 is 12.4 Å². The first kappa shape index (κ1) is 14.5. The molecule has 0 heterocycles. The van der Waals surface area contributed by atoms with Crippen molar-refractivity contribution in [3.63, 3.8) is 0 Å². The predicted molar refractivity (Wildman–Crippen MR) is 40.2 cm³/mol. The van der Waals surface area contributed by atoms with E-state index < -0.39 is 38.0 Å². The van der Waals surface area contributed by atoms with Crippen LogP contribution in [0.4, 0.5) is 26.3 Å². The number of likely N-dealkylation sites (N-methyl/N-ethyl adjacent to an activating group) is 1. The van der Waals surface area contributed by atoms with E-state index in [0.29, 0.717) is 0 Å². The number of hydrogen-bond donors (Lipinski definition) is 1. The summed E-state index contributed by atoms with van der Waals surface area (Å²) in [5.74, 6) is 0. The van der Waals surface area contributed by atoms with Crippen molar-refractivity contribution in [1.29, 1.82) is 0 Å². The van der Waals surface area contributed by atoms with Gasteiger partial charge < -0.3 is 10.0 Å². The second kappa shape index (κ2) is 5.02. The lowest BCUT2D eigenvalue weighted by atomic mass is 10.3. The summed E-state index contributed by atoms with van der Waals surface area (Å²) in [4.78, 5) is 0.783. The van der Waals surface area contributed by atoms with Crippen LogP contribution in [0.2, 0.25) is 0 Å². The van der Waals surface area contributed by atoms with E-state index >= 15 is 0 Å². The lowest BCUT2D eigenvalue weighted by Gasteiger charge is -2.22. The monoisotopic (exact) mass is 239 g/mol. The van der Waals surface area contributed by atoms with Crippen molar-refractivity contribution in [3.05, 3.63) is 0 Å². The highest BCUT2D eigenvalue weighted by Crippen LogP contribution is 2.22. The van der Waals surface area contributed by atoms with Gasteiger partial charge in [-0.25, -0.2) is 0 Å². The third-order valence-corrected chi connectivity index (χ3v) is 1.64. The molecule has 0 aromatic carbocycles. The molecule has 0 aliphatic rings. The lowest BCUT2D eigenvalue weighted by molar-refractivity contribution is -0.208. The van der Waals surface area contributed by atoms with E-state index in [2.05, 4.69) is 0 Å². The molecule has 0 radical (unpaired) electrons. The fraction of sp³-hybridized carbons (Fsp3) is 1.00. The van der Waals surface area contributed by atoms with Crippen LogP contribution in [0.15, 0.2) is 0 Å². The van der Waals surface area contributed by atoms with Crippen molar-refractivity contribution in [1.82, 2.24) is 4.90 Å². The number of aliphatic hydroxyl groups is 1. The van der Waals surface area contributed by atoms with Gasteiger partial charge in [-0.05, 0) is 7.05 Å². The Morgan fingerprint density at radius 3 is 1.93 bits per heavy atom. The van der Waals surface area contributed by atoms with Crippen molar-refractivity contribution in [2.24, 2.45) is 0 Å². The number of rotatable bonds is 4. The zero-order valence-corrected chi connectivity index (χ0v) is 7.86. The highest BCUT2D eigenvalue weighted by molar-refractivity contribution is 4.69. The Morgan fingerprint density at radius 2 is 1.60 bits per heavy atom. The van der Waals surface area contributed by atoms with Gasteiger partial charge in [-0.2, -0.15) is 26.3 Å². The average molecular weight is 239 g/mol. The predicted octanol–water partition coefficient (Wildman–Crippen LogP) is 1.79. The number of aliphatic hydroxyl groups excluding tert-OH is 1. The standard InChI is InChI=1S/C7H11F6NO/c1-14(3-2-6(8,9)10)4-5(15)7(11,12)13/h5,15H,2-4H2,1H3. The minimum Gasteiger partial charge on any atom is -0.382 e. The molecular formula is C7H11F6NO. The first-order valence-corrected chi connectivity index (χ1v) is 4.02. The fourth-order valence-electron chi connectivity index (χ4n) is 0.808. The number of hydrogen-bond acceptors (Lipinski definition) is 2. The van der Waals surface area contributed by atoms with Crippen LogP contribution in [0.25, 0.3) is 0 Å². The van der Waals surface area contributed by atoms with Crippen molar-refractivity contribution in [3.8, 4) is 0 Å². The van der Waals surface area contributed by atoms with Crippen LogP contribution in [0.5, 0.6) is 0 Å². The first-order valence-electron chi connectivity index (χ1n) is 4.02. The Labute approximate surface area is 82.5 Å². The molecule has 1 unspecified atom stereocenters. The Morgan fingerprint density at radius 1 is 1.13 bits per heavy atom. The van der Waals surface area contributed by atoms with E-state index in [4.69, 9.17) is 5.11 Å². The van der Waals surface area contributed by atoms with E-state index in [1.54, 1.807) is 0 Å². The Bertz CT molecular complexity index is 189. The fourth-order valence-corrected chi connectivity index (χ4v) is 0.808. The smallest absolute Gasteiger partial charge is 0.382 e. The van der Waals surface area contributed by atoms with E-state index in [-0.39, 0.29) is 0 Å². The summed E-state index contributed by atoms with van der Waals surface area (Å²) < 4.78 is 70.4. The molecule has 0 saturated carbocycles. The molecular weight excluding hydrogens is 228 g/mol. The highest BCUT2D eigenvalue weighted by atomic mass is 19.4. The second-order valence-corrected chi connectivity index (χ2v) is 3.18. The third-order valence-electron chi connectivity index (χ3n) is 1.64. The Kier molecular flexibility index (Phi) is 4.85. The van der Waals surface area contributed by atoms with Gasteiger partial charge in [0.05, 0.1) is 6.42 Å². The van der Waals surface area contributed by atoms with Gasteiger partial charge in [-0.1, -0.05) is 0 Å². The van der Waals surface area contributed by atoms with Crippen LogP contribution in [0.1, 0.15) is 6.42 Å². The molecule has 1 N–H and O–H groups in total. The minimum atomic E-state index is -4.80. The summed E-state index contributed by atoms with van der Waals surface area (Å²) in [6.45, 7) is -1.43. The Balaban J connectivity index is 3.89. The van der Waals surface area contributed by atoms with Crippen molar-refractivity contribution < 1.29 is 31.4 Å². The van der Waals surface area contributed by atoms with Crippen LogP contribution < -0.4 is 0 Å². The molecule has 0 rings (SSSR count). The van der Waals surface area contributed by atoms with Gasteiger partial charge in [0.25, 0.3) is 0 Å². The van der Waals surface area contributed by atoms with E-state index in [0.717, 1.165) is 11.9 Å². The van der Waals surface area contributed by atoms with E-state index in [9.17, 15) is 26.3 Å². The summed E-state index contributed by atoms with van der Waals surface area (Å²) in [5, 5.41) is 8.54. The molecule has 0 fully saturated rings.